The maximum Gasteiger partial charge on any atom is 0.210 e. The zero-order valence-electron chi connectivity index (χ0n) is 7.03. The predicted octanol–water partition coefficient (Wildman–Crippen LogP) is 2.10. The molecule has 3 nitrogen and oxygen atoms in total. The molecule has 0 radical (unpaired) electrons. The number of phenolic OH excluding ortho intramolecular Hbond substituents is 3. The van der Waals surface area contributed by atoms with Gasteiger partial charge in [0.15, 0.2) is 17.2 Å². The molecule has 0 atom stereocenters. The van der Waals surface area contributed by atoms with E-state index in [9.17, 15) is 14.6 Å². The van der Waals surface area contributed by atoms with Gasteiger partial charge >= 0.3 is 0 Å². The molecule has 0 spiro atoms. The van der Waals surface area contributed by atoms with Crippen molar-refractivity contribution in [3.63, 3.8) is 0 Å². The Bertz CT molecular complexity index is 462. The van der Waals surface area contributed by atoms with E-state index in [4.69, 9.17) is 5.11 Å². The summed E-state index contributed by atoms with van der Waals surface area (Å²) in [6, 6.07) is 6.13. The van der Waals surface area contributed by atoms with Gasteiger partial charge in [0.05, 0.1) is 0 Å². The van der Waals surface area contributed by atoms with Crippen LogP contribution in [-0.2, 0) is 0 Å². The largest absolute Gasteiger partial charge is 0.504 e. The molecule has 0 bridgehead atoms. The van der Waals surface area contributed by atoms with Gasteiger partial charge in [0, 0.05) is 10.8 Å². The van der Waals surface area contributed by atoms with Crippen LogP contribution in [0.3, 0.4) is 0 Å². The van der Waals surface area contributed by atoms with Crippen LogP contribution in [0.1, 0.15) is 0 Å². The van der Waals surface area contributed by atoms with E-state index in [0.29, 0.717) is 0 Å². The summed E-state index contributed by atoms with van der Waals surface area (Å²) in [5.74, 6) is -3.35. The number of benzene rings is 2. The molecule has 2 aromatic carbocycles. The van der Waals surface area contributed by atoms with Crippen LogP contribution in [0.2, 0.25) is 0 Å². The molecule has 72 valence electrons. The Morgan fingerprint density at radius 2 is 1.29 bits per heavy atom. The van der Waals surface area contributed by atoms with Crippen molar-refractivity contribution in [2.45, 2.75) is 0 Å². The van der Waals surface area contributed by atoms with E-state index in [1.807, 2.05) is 0 Å². The lowest BCUT2D eigenvalue weighted by Crippen LogP contribution is -1.83. The number of hydrogen-bond acceptors (Lipinski definition) is 3. The molecule has 0 saturated carbocycles. The molecule has 0 aliphatic carbocycles. The Labute approximate surface area is 78.7 Å². The van der Waals surface area contributed by atoms with Crippen molar-refractivity contribution in [3.8, 4) is 17.2 Å². The van der Waals surface area contributed by atoms with Crippen molar-refractivity contribution < 1.29 is 19.7 Å². The molecule has 14 heavy (non-hydrogen) atoms. The molecule has 0 aliphatic heterocycles. The summed E-state index contributed by atoms with van der Waals surface area (Å²) in [6.45, 7) is 0. The average Bonchev–Trinajstić information content (AvgIpc) is 2.23. The fourth-order valence-electron chi connectivity index (χ4n) is 1.36. The lowest BCUT2D eigenvalue weighted by Gasteiger charge is -2.06. The summed E-state index contributed by atoms with van der Waals surface area (Å²) >= 11 is 0. The second-order valence-corrected chi connectivity index (χ2v) is 2.91. The number of phenols is 3. The van der Waals surface area contributed by atoms with Crippen molar-refractivity contribution in [2.24, 2.45) is 0 Å². The third kappa shape index (κ3) is 0.970. The zero-order chi connectivity index (χ0) is 10.3. The first-order valence-corrected chi connectivity index (χ1v) is 3.94. The lowest BCUT2D eigenvalue weighted by atomic mass is 10.1. The third-order valence-corrected chi connectivity index (χ3v) is 2.08. The normalized spacial score (nSPS) is 10.6. The minimum absolute atomic E-state index is 0.167. The maximum atomic E-state index is 13.1. The van der Waals surface area contributed by atoms with Crippen LogP contribution in [0.4, 0.5) is 4.39 Å². The van der Waals surface area contributed by atoms with Crippen molar-refractivity contribution in [1.29, 1.82) is 0 Å². The van der Waals surface area contributed by atoms with Crippen LogP contribution in [-0.4, -0.2) is 15.3 Å². The molecule has 2 rings (SSSR count). The number of halogens is 1. The number of fused-ring (bicyclic) bond motifs is 1. The maximum absolute atomic E-state index is 13.1. The highest BCUT2D eigenvalue weighted by Crippen LogP contribution is 2.42. The van der Waals surface area contributed by atoms with Gasteiger partial charge in [-0.25, -0.2) is 0 Å². The Hall–Kier alpha value is -1.97. The predicted molar refractivity (Wildman–Crippen MR) is 48.9 cm³/mol. The third-order valence-electron chi connectivity index (χ3n) is 2.08. The van der Waals surface area contributed by atoms with Crippen LogP contribution in [0, 0.1) is 5.82 Å². The molecule has 0 aromatic heterocycles. The van der Waals surface area contributed by atoms with Crippen LogP contribution in [0.25, 0.3) is 10.8 Å². The smallest absolute Gasteiger partial charge is 0.210 e. The summed E-state index contributed by atoms with van der Waals surface area (Å²) in [6.07, 6.45) is 0. The summed E-state index contributed by atoms with van der Waals surface area (Å²) in [7, 11) is 0. The van der Waals surface area contributed by atoms with Gasteiger partial charge in [-0.3, -0.25) is 0 Å². The summed E-state index contributed by atoms with van der Waals surface area (Å²) in [5.41, 5.74) is 0. The quantitative estimate of drug-likeness (QED) is 0.444. The number of hydrogen-bond donors (Lipinski definition) is 3. The minimum Gasteiger partial charge on any atom is -0.504 e. The summed E-state index contributed by atoms with van der Waals surface area (Å²) in [4.78, 5) is 0. The highest BCUT2D eigenvalue weighted by molar-refractivity contribution is 5.95. The van der Waals surface area contributed by atoms with Crippen LogP contribution in [0.15, 0.2) is 24.3 Å². The first kappa shape index (κ1) is 8.62. The average molecular weight is 194 g/mol. The van der Waals surface area contributed by atoms with Crippen molar-refractivity contribution in [2.75, 3.05) is 0 Å². The summed E-state index contributed by atoms with van der Waals surface area (Å²) in [5, 5.41) is 28.2. The van der Waals surface area contributed by atoms with Crippen molar-refractivity contribution >= 4 is 10.8 Å². The first-order valence-electron chi connectivity index (χ1n) is 3.94. The van der Waals surface area contributed by atoms with E-state index >= 15 is 0 Å². The molecule has 2 aromatic rings. The molecule has 3 N–H and O–H groups in total. The standard InChI is InChI=1S/C10H7FO3/c11-7-8(12)5-3-1-2-4-6(5)9(13)10(7)14/h1-4,12-14H. The molecule has 0 fully saturated rings. The fourth-order valence-corrected chi connectivity index (χ4v) is 1.36. The van der Waals surface area contributed by atoms with Crippen LogP contribution < -0.4 is 0 Å². The van der Waals surface area contributed by atoms with Gasteiger partial charge in [-0.15, -0.1) is 0 Å². The molecule has 0 heterocycles. The van der Waals surface area contributed by atoms with E-state index in [-0.39, 0.29) is 10.8 Å². The van der Waals surface area contributed by atoms with Crippen molar-refractivity contribution in [3.05, 3.63) is 30.1 Å². The topological polar surface area (TPSA) is 60.7 Å². The van der Waals surface area contributed by atoms with E-state index in [1.54, 1.807) is 12.1 Å². The molecular formula is C10H7FO3. The molecule has 0 aliphatic rings. The summed E-state index contributed by atoms with van der Waals surface area (Å²) < 4.78 is 13.1. The Kier molecular flexibility index (Phi) is 1.70. The van der Waals surface area contributed by atoms with Gasteiger partial charge in [0.1, 0.15) is 0 Å². The monoisotopic (exact) mass is 194 g/mol. The highest BCUT2D eigenvalue weighted by atomic mass is 19.1. The fraction of sp³-hybridized carbons (Fsp3) is 0. The van der Waals surface area contributed by atoms with Crippen molar-refractivity contribution in [1.82, 2.24) is 0 Å². The van der Waals surface area contributed by atoms with Crippen LogP contribution in [0.5, 0.6) is 17.2 Å². The van der Waals surface area contributed by atoms with Crippen LogP contribution >= 0.6 is 0 Å². The molecule has 0 saturated heterocycles. The van der Waals surface area contributed by atoms with E-state index < -0.39 is 23.1 Å². The lowest BCUT2D eigenvalue weighted by molar-refractivity contribution is 0.363. The van der Waals surface area contributed by atoms with E-state index in [0.717, 1.165) is 0 Å². The van der Waals surface area contributed by atoms with Gasteiger partial charge in [-0.1, -0.05) is 24.3 Å². The molecule has 4 heteroatoms. The van der Waals surface area contributed by atoms with Gasteiger partial charge in [0.2, 0.25) is 5.82 Å². The van der Waals surface area contributed by atoms with Gasteiger partial charge in [-0.2, -0.15) is 4.39 Å². The van der Waals surface area contributed by atoms with Gasteiger partial charge in [0.25, 0.3) is 0 Å². The Morgan fingerprint density at radius 3 is 1.86 bits per heavy atom. The number of aromatic hydroxyl groups is 3. The Balaban J connectivity index is 3.02. The minimum atomic E-state index is -1.21. The zero-order valence-corrected chi connectivity index (χ0v) is 7.03. The Morgan fingerprint density at radius 1 is 0.786 bits per heavy atom. The number of rotatable bonds is 0. The van der Waals surface area contributed by atoms with Gasteiger partial charge in [-0.05, 0) is 0 Å². The highest BCUT2D eigenvalue weighted by Gasteiger charge is 2.17. The second-order valence-electron chi connectivity index (χ2n) is 2.91. The van der Waals surface area contributed by atoms with Gasteiger partial charge < -0.3 is 15.3 Å². The van der Waals surface area contributed by atoms with E-state index in [1.165, 1.54) is 12.1 Å². The molecule has 0 amide bonds. The SMILES string of the molecule is Oc1c(F)c(O)c2ccccc2c1O. The van der Waals surface area contributed by atoms with E-state index in [2.05, 4.69) is 0 Å². The first-order chi connectivity index (χ1) is 6.63. The molecular weight excluding hydrogens is 187 g/mol. The second kappa shape index (κ2) is 2.77. The molecule has 0 unspecified atom stereocenters.